The number of thioether (sulfide) groups is 1. The second-order valence-electron chi connectivity index (χ2n) is 3.68. The first kappa shape index (κ1) is 12.6. The first-order chi connectivity index (χ1) is 7.33. The normalized spacial score (nSPS) is 10.8. The van der Waals surface area contributed by atoms with Gasteiger partial charge >= 0.3 is 0 Å². The predicted octanol–water partition coefficient (Wildman–Crippen LogP) is 1.70. The summed E-state index contributed by atoms with van der Waals surface area (Å²) in [6.07, 6.45) is 7.78. The van der Waals surface area contributed by atoms with E-state index in [9.17, 15) is 0 Å². The number of aryl methyl sites for hydroxylation is 1. The van der Waals surface area contributed by atoms with Gasteiger partial charge in [-0.15, -0.1) is 0 Å². The third kappa shape index (κ3) is 5.85. The number of aromatic nitrogens is 2. The van der Waals surface area contributed by atoms with Crippen LogP contribution in [0, 0.1) is 0 Å². The summed E-state index contributed by atoms with van der Waals surface area (Å²) in [5.74, 6) is 1.28. The molecule has 1 aromatic heterocycles. The van der Waals surface area contributed by atoms with E-state index in [-0.39, 0.29) is 0 Å². The molecule has 1 rings (SSSR count). The number of nitrogens with one attached hydrogen (secondary N) is 1. The van der Waals surface area contributed by atoms with Crippen molar-refractivity contribution in [3.63, 3.8) is 0 Å². The SMILES string of the molecule is CSCCCCNCCc1ccn(C)n1. The molecule has 3 nitrogen and oxygen atoms in total. The minimum Gasteiger partial charge on any atom is -0.316 e. The van der Waals surface area contributed by atoms with Gasteiger partial charge in [0.2, 0.25) is 0 Å². The van der Waals surface area contributed by atoms with Crippen molar-refractivity contribution in [1.82, 2.24) is 15.1 Å². The van der Waals surface area contributed by atoms with Gasteiger partial charge in [0.15, 0.2) is 0 Å². The molecule has 1 N–H and O–H groups in total. The summed E-state index contributed by atoms with van der Waals surface area (Å²) in [5.41, 5.74) is 1.18. The van der Waals surface area contributed by atoms with E-state index in [4.69, 9.17) is 0 Å². The Balaban J connectivity index is 1.93. The van der Waals surface area contributed by atoms with E-state index in [1.807, 2.05) is 29.7 Å². The van der Waals surface area contributed by atoms with Gasteiger partial charge in [0, 0.05) is 26.2 Å². The number of unbranched alkanes of at least 4 members (excludes halogenated alkanes) is 1. The highest BCUT2D eigenvalue weighted by molar-refractivity contribution is 7.98. The van der Waals surface area contributed by atoms with Crippen LogP contribution in [-0.4, -0.2) is 34.9 Å². The summed E-state index contributed by atoms with van der Waals surface area (Å²) in [4.78, 5) is 0. The van der Waals surface area contributed by atoms with Crippen molar-refractivity contribution in [2.24, 2.45) is 7.05 Å². The maximum absolute atomic E-state index is 4.33. The number of nitrogens with zero attached hydrogens (tertiary/aromatic N) is 2. The van der Waals surface area contributed by atoms with Crippen molar-refractivity contribution >= 4 is 11.8 Å². The Morgan fingerprint density at radius 1 is 1.40 bits per heavy atom. The van der Waals surface area contributed by atoms with Gasteiger partial charge in [0.05, 0.1) is 5.69 Å². The van der Waals surface area contributed by atoms with Crippen LogP contribution in [-0.2, 0) is 13.5 Å². The quantitative estimate of drug-likeness (QED) is 0.686. The van der Waals surface area contributed by atoms with Crippen LogP contribution in [0.4, 0.5) is 0 Å². The lowest BCUT2D eigenvalue weighted by Gasteiger charge is -2.02. The van der Waals surface area contributed by atoms with Crippen LogP contribution >= 0.6 is 11.8 Å². The van der Waals surface area contributed by atoms with Crippen LogP contribution in [0.5, 0.6) is 0 Å². The molecular formula is C11H21N3S. The summed E-state index contributed by atoms with van der Waals surface area (Å²) in [6, 6.07) is 2.08. The van der Waals surface area contributed by atoms with Gasteiger partial charge < -0.3 is 5.32 Å². The largest absolute Gasteiger partial charge is 0.316 e. The molecule has 0 aliphatic heterocycles. The van der Waals surface area contributed by atoms with Crippen LogP contribution < -0.4 is 5.32 Å². The lowest BCUT2D eigenvalue weighted by atomic mass is 10.3. The highest BCUT2D eigenvalue weighted by atomic mass is 32.2. The molecule has 1 heterocycles. The van der Waals surface area contributed by atoms with E-state index in [0.717, 1.165) is 19.5 Å². The third-order valence-corrected chi connectivity index (χ3v) is 2.98. The molecule has 0 fully saturated rings. The molecule has 0 spiro atoms. The Bertz CT molecular complexity index is 260. The molecule has 0 bridgehead atoms. The van der Waals surface area contributed by atoms with E-state index >= 15 is 0 Å². The lowest BCUT2D eigenvalue weighted by Crippen LogP contribution is -2.18. The maximum Gasteiger partial charge on any atom is 0.0637 e. The Morgan fingerprint density at radius 2 is 2.27 bits per heavy atom. The number of hydrogen-bond donors (Lipinski definition) is 1. The first-order valence-electron chi connectivity index (χ1n) is 5.51. The fraction of sp³-hybridized carbons (Fsp3) is 0.727. The molecule has 0 saturated heterocycles. The van der Waals surface area contributed by atoms with Gasteiger partial charge in [-0.05, 0) is 37.5 Å². The van der Waals surface area contributed by atoms with Gasteiger partial charge in [-0.2, -0.15) is 16.9 Å². The van der Waals surface area contributed by atoms with Crippen LogP contribution in [0.1, 0.15) is 18.5 Å². The van der Waals surface area contributed by atoms with E-state index in [2.05, 4.69) is 22.7 Å². The summed E-state index contributed by atoms with van der Waals surface area (Å²) in [5, 5.41) is 7.77. The van der Waals surface area contributed by atoms with Gasteiger partial charge in [-0.1, -0.05) is 0 Å². The summed E-state index contributed by atoms with van der Waals surface area (Å²) in [7, 11) is 1.96. The summed E-state index contributed by atoms with van der Waals surface area (Å²) < 4.78 is 1.85. The van der Waals surface area contributed by atoms with Crippen molar-refractivity contribution in [2.45, 2.75) is 19.3 Å². The van der Waals surface area contributed by atoms with Crippen LogP contribution in [0.25, 0.3) is 0 Å². The van der Waals surface area contributed by atoms with Crippen molar-refractivity contribution in [3.05, 3.63) is 18.0 Å². The monoisotopic (exact) mass is 227 g/mol. The minimum atomic E-state index is 1.03. The van der Waals surface area contributed by atoms with Gasteiger partial charge in [-0.25, -0.2) is 0 Å². The van der Waals surface area contributed by atoms with Crippen LogP contribution in [0.15, 0.2) is 12.3 Å². The van der Waals surface area contributed by atoms with Crippen molar-refractivity contribution in [1.29, 1.82) is 0 Å². The van der Waals surface area contributed by atoms with Gasteiger partial charge in [-0.3, -0.25) is 4.68 Å². The average molecular weight is 227 g/mol. The van der Waals surface area contributed by atoms with Crippen LogP contribution in [0.2, 0.25) is 0 Å². The molecule has 0 atom stereocenters. The van der Waals surface area contributed by atoms with Gasteiger partial charge in [0.25, 0.3) is 0 Å². The second-order valence-corrected chi connectivity index (χ2v) is 4.67. The van der Waals surface area contributed by atoms with E-state index in [1.54, 1.807) is 0 Å². The highest BCUT2D eigenvalue weighted by Gasteiger charge is 1.95. The molecule has 4 heteroatoms. The molecule has 15 heavy (non-hydrogen) atoms. The van der Waals surface area contributed by atoms with E-state index in [0.29, 0.717) is 0 Å². The maximum atomic E-state index is 4.33. The minimum absolute atomic E-state index is 1.03. The Kier molecular flexibility index (Phi) is 6.52. The number of rotatable bonds is 8. The van der Waals surface area contributed by atoms with E-state index in [1.165, 1.54) is 24.3 Å². The molecule has 86 valence electrons. The highest BCUT2D eigenvalue weighted by Crippen LogP contribution is 1.98. The molecule has 0 amide bonds. The molecule has 1 aromatic rings. The van der Waals surface area contributed by atoms with Gasteiger partial charge in [0.1, 0.15) is 0 Å². The standard InChI is InChI=1S/C11H21N3S/c1-14-9-6-11(13-14)5-8-12-7-3-4-10-15-2/h6,9,12H,3-5,7-8,10H2,1-2H3. The molecular weight excluding hydrogens is 206 g/mol. The fourth-order valence-corrected chi connectivity index (χ4v) is 1.93. The van der Waals surface area contributed by atoms with Crippen LogP contribution in [0.3, 0.4) is 0 Å². The Labute approximate surface area is 96.6 Å². The fourth-order valence-electron chi connectivity index (χ4n) is 1.43. The molecule has 0 aliphatic carbocycles. The predicted molar refractivity (Wildman–Crippen MR) is 67.4 cm³/mol. The zero-order chi connectivity index (χ0) is 10.9. The molecule has 0 unspecified atom stereocenters. The molecule has 0 saturated carbocycles. The zero-order valence-corrected chi connectivity index (χ0v) is 10.5. The third-order valence-electron chi connectivity index (χ3n) is 2.28. The topological polar surface area (TPSA) is 29.9 Å². The summed E-state index contributed by atoms with van der Waals surface area (Å²) in [6.45, 7) is 2.17. The first-order valence-corrected chi connectivity index (χ1v) is 6.90. The average Bonchev–Trinajstić information content (AvgIpc) is 2.63. The molecule has 0 aliphatic rings. The second kappa shape index (κ2) is 7.77. The smallest absolute Gasteiger partial charge is 0.0637 e. The summed E-state index contributed by atoms with van der Waals surface area (Å²) >= 11 is 1.92. The van der Waals surface area contributed by atoms with Crippen molar-refractivity contribution in [2.75, 3.05) is 25.1 Å². The lowest BCUT2D eigenvalue weighted by molar-refractivity contribution is 0.632. The molecule has 0 aromatic carbocycles. The Morgan fingerprint density at radius 3 is 2.93 bits per heavy atom. The zero-order valence-electron chi connectivity index (χ0n) is 9.70. The number of hydrogen-bond acceptors (Lipinski definition) is 3. The van der Waals surface area contributed by atoms with Crippen molar-refractivity contribution in [3.8, 4) is 0 Å². The van der Waals surface area contributed by atoms with Crippen molar-refractivity contribution < 1.29 is 0 Å². The van der Waals surface area contributed by atoms with E-state index < -0.39 is 0 Å². The molecule has 0 radical (unpaired) electrons. The Hall–Kier alpha value is -0.480.